The molecule has 3 aromatic heterocycles. The highest BCUT2D eigenvalue weighted by molar-refractivity contribution is 6.32. The highest BCUT2D eigenvalue weighted by Gasteiger charge is 2.27. The van der Waals surface area contributed by atoms with Gasteiger partial charge >= 0.3 is 5.97 Å². The van der Waals surface area contributed by atoms with Crippen LogP contribution in [-0.2, 0) is 9.53 Å². The van der Waals surface area contributed by atoms with Gasteiger partial charge in [-0.1, -0.05) is 22.8 Å². The van der Waals surface area contributed by atoms with Crippen LogP contribution in [0.25, 0.3) is 33.7 Å². The van der Waals surface area contributed by atoms with Gasteiger partial charge in [-0.15, -0.1) is 5.10 Å². The molecule has 0 radical (unpaired) electrons. The largest absolute Gasteiger partial charge is 0.489 e. The van der Waals surface area contributed by atoms with Crippen LogP contribution in [0, 0.1) is 0 Å². The van der Waals surface area contributed by atoms with Crippen LogP contribution >= 0.6 is 11.6 Å². The molecule has 1 atom stereocenters. The zero-order valence-electron chi connectivity index (χ0n) is 22.2. The molecule has 3 heterocycles. The van der Waals surface area contributed by atoms with Crippen LogP contribution in [0.4, 0.5) is 0 Å². The fraction of sp³-hybridized carbons (Fsp3) is 0.321. The predicted octanol–water partition coefficient (Wildman–Crippen LogP) is 6.50. The van der Waals surface area contributed by atoms with E-state index < -0.39 is 11.6 Å². The minimum Gasteiger partial charge on any atom is -0.489 e. The van der Waals surface area contributed by atoms with Crippen LogP contribution in [0.2, 0.25) is 5.02 Å². The highest BCUT2D eigenvalue weighted by Crippen LogP contribution is 2.35. The third-order valence-corrected chi connectivity index (χ3v) is 6.10. The third-order valence-electron chi connectivity index (χ3n) is 5.81. The van der Waals surface area contributed by atoms with E-state index in [1.165, 1.54) is 6.26 Å². The van der Waals surface area contributed by atoms with E-state index in [9.17, 15) is 4.79 Å². The van der Waals surface area contributed by atoms with Gasteiger partial charge in [0, 0.05) is 33.5 Å². The second-order valence-corrected chi connectivity index (χ2v) is 10.7. The first-order chi connectivity index (χ1) is 18.6. The second-order valence-electron chi connectivity index (χ2n) is 10.3. The van der Waals surface area contributed by atoms with Crippen molar-refractivity contribution < 1.29 is 23.3 Å². The molecule has 0 aliphatic rings. The van der Waals surface area contributed by atoms with Gasteiger partial charge < -0.3 is 23.1 Å². The van der Waals surface area contributed by atoms with E-state index in [1.54, 1.807) is 12.1 Å². The molecule has 11 heteroatoms. The van der Waals surface area contributed by atoms with E-state index >= 15 is 0 Å². The number of halogens is 1. The molecule has 0 aliphatic carbocycles. The maximum atomic E-state index is 12.8. The normalized spacial score (nSPS) is 12.7. The molecule has 0 saturated carbocycles. The zero-order chi connectivity index (χ0) is 27.7. The molecular formula is C28H28ClN5O5. The van der Waals surface area contributed by atoms with Gasteiger partial charge in [-0.3, -0.25) is 4.79 Å². The van der Waals surface area contributed by atoms with Gasteiger partial charge in [-0.25, -0.2) is 0 Å². The fourth-order valence-electron chi connectivity index (χ4n) is 4.29. The third kappa shape index (κ3) is 5.80. The number of hydrogen-bond donors (Lipinski definition) is 0. The van der Waals surface area contributed by atoms with E-state index in [0.717, 1.165) is 16.5 Å². The molecule has 0 fully saturated rings. The summed E-state index contributed by atoms with van der Waals surface area (Å²) in [5, 5.41) is 13.2. The lowest BCUT2D eigenvalue weighted by Crippen LogP contribution is -2.26. The first kappa shape index (κ1) is 26.4. The lowest BCUT2D eigenvalue weighted by molar-refractivity contribution is -0.155. The molecule has 10 nitrogen and oxygen atoms in total. The van der Waals surface area contributed by atoms with Crippen LogP contribution in [0.1, 0.15) is 52.8 Å². The van der Waals surface area contributed by atoms with Gasteiger partial charge in [0.05, 0.1) is 23.6 Å². The number of nitrogens with zero attached hydrogens (tertiary/aromatic N) is 5. The van der Waals surface area contributed by atoms with E-state index in [0.29, 0.717) is 33.7 Å². The molecule has 2 aromatic carbocycles. The van der Waals surface area contributed by atoms with Crippen molar-refractivity contribution in [3.63, 3.8) is 0 Å². The van der Waals surface area contributed by atoms with Gasteiger partial charge in [0.1, 0.15) is 23.3 Å². The van der Waals surface area contributed by atoms with Gasteiger partial charge in [0.15, 0.2) is 0 Å². The average molecular weight is 550 g/mol. The minimum absolute atomic E-state index is 0.00205. The molecule has 0 amide bonds. The summed E-state index contributed by atoms with van der Waals surface area (Å²) in [5.74, 6) is 0.974. The number of benzene rings is 2. The predicted molar refractivity (Wildman–Crippen MR) is 144 cm³/mol. The standard InChI is InChI=1S/C28H28ClN5O5/c1-16(2)37-24-10-9-17(13-20(24)29)26-30-27(39-32-26)19-7-6-8-22-18(19)11-12-34(22)23(21-15-36-33-31-21)14-25(35)38-28(3,4)5/h6-13,15-16,23H,14H2,1-5H3. The molecule has 39 heavy (non-hydrogen) atoms. The van der Waals surface area contributed by atoms with Crippen LogP contribution in [0.3, 0.4) is 0 Å². The Morgan fingerprint density at radius 3 is 2.67 bits per heavy atom. The maximum Gasteiger partial charge on any atom is 0.308 e. The second kappa shape index (κ2) is 10.5. The van der Waals surface area contributed by atoms with Crippen LogP contribution in [0.5, 0.6) is 5.75 Å². The molecule has 0 saturated heterocycles. The highest BCUT2D eigenvalue weighted by atomic mass is 35.5. The molecule has 202 valence electrons. The molecular weight excluding hydrogens is 522 g/mol. The molecule has 5 rings (SSSR count). The van der Waals surface area contributed by atoms with Crippen LogP contribution in [-0.4, -0.2) is 42.8 Å². The lowest BCUT2D eigenvalue weighted by atomic mass is 10.1. The molecule has 0 aliphatic heterocycles. The number of esters is 1. The number of rotatable bonds is 8. The number of carbonyl (C=O) groups is 1. The van der Waals surface area contributed by atoms with E-state index in [1.807, 2.05) is 75.7 Å². The molecule has 1 unspecified atom stereocenters. The summed E-state index contributed by atoms with van der Waals surface area (Å²) in [5.41, 5.74) is 2.17. The van der Waals surface area contributed by atoms with E-state index in [2.05, 4.69) is 20.5 Å². The first-order valence-electron chi connectivity index (χ1n) is 12.5. The Morgan fingerprint density at radius 2 is 1.97 bits per heavy atom. The molecule has 0 spiro atoms. The molecule has 0 bridgehead atoms. The molecule has 5 aromatic rings. The van der Waals surface area contributed by atoms with Gasteiger partial charge in [-0.05, 0) is 71.0 Å². The van der Waals surface area contributed by atoms with Gasteiger partial charge in [0.2, 0.25) is 5.82 Å². The van der Waals surface area contributed by atoms with Crippen molar-refractivity contribution in [1.29, 1.82) is 0 Å². The SMILES string of the molecule is CC(C)Oc1ccc(-c2noc(-c3cccc4c3ccn4C(CC(=O)OC(C)(C)C)c3conn3)n2)cc1Cl. The Kier molecular flexibility index (Phi) is 7.14. The first-order valence-corrected chi connectivity index (χ1v) is 12.9. The quantitative estimate of drug-likeness (QED) is 0.200. The number of carbonyl (C=O) groups excluding carboxylic acids is 1. The fourth-order valence-corrected chi connectivity index (χ4v) is 4.51. The number of fused-ring (bicyclic) bond motifs is 1. The number of hydrogen-bond acceptors (Lipinski definition) is 9. The Labute approximate surface area is 229 Å². The van der Waals surface area contributed by atoms with Gasteiger partial charge in [0.25, 0.3) is 5.89 Å². The average Bonchev–Trinajstić information content (AvgIpc) is 3.63. The topological polar surface area (TPSA) is 118 Å². The Morgan fingerprint density at radius 1 is 1.15 bits per heavy atom. The maximum absolute atomic E-state index is 12.8. The number of ether oxygens (including phenoxy) is 2. The summed E-state index contributed by atoms with van der Waals surface area (Å²) in [7, 11) is 0. The van der Waals surface area contributed by atoms with Gasteiger partial charge in [-0.2, -0.15) is 4.98 Å². The zero-order valence-corrected chi connectivity index (χ0v) is 23.0. The van der Waals surface area contributed by atoms with Crippen molar-refractivity contribution in [3.8, 4) is 28.6 Å². The number of aromatic nitrogens is 5. The summed E-state index contributed by atoms with van der Waals surface area (Å²) >= 11 is 6.41. The summed E-state index contributed by atoms with van der Waals surface area (Å²) in [4.78, 5) is 17.4. The minimum atomic E-state index is -0.614. The van der Waals surface area contributed by atoms with Crippen molar-refractivity contribution in [2.45, 2.75) is 58.8 Å². The van der Waals surface area contributed by atoms with Crippen molar-refractivity contribution in [3.05, 3.63) is 65.6 Å². The van der Waals surface area contributed by atoms with Crippen molar-refractivity contribution in [1.82, 2.24) is 25.1 Å². The molecule has 0 N–H and O–H groups in total. The van der Waals surface area contributed by atoms with Crippen molar-refractivity contribution in [2.24, 2.45) is 0 Å². The Hall–Kier alpha value is -4.18. The van der Waals surface area contributed by atoms with E-state index in [4.69, 9.17) is 30.1 Å². The van der Waals surface area contributed by atoms with Crippen LogP contribution in [0.15, 0.2) is 64.0 Å². The summed E-state index contributed by atoms with van der Waals surface area (Å²) in [6.07, 6.45) is 3.35. The van der Waals surface area contributed by atoms with Crippen LogP contribution < -0.4 is 4.74 Å². The smallest absolute Gasteiger partial charge is 0.308 e. The summed E-state index contributed by atoms with van der Waals surface area (Å²) in [6, 6.07) is 12.5. The van der Waals surface area contributed by atoms with E-state index in [-0.39, 0.29) is 18.5 Å². The lowest BCUT2D eigenvalue weighted by Gasteiger charge is -2.22. The monoisotopic (exact) mass is 549 g/mol. The van der Waals surface area contributed by atoms with Crippen molar-refractivity contribution >= 4 is 28.5 Å². The summed E-state index contributed by atoms with van der Waals surface area (Å²) in [6.45, 7) is 9.36. The summed E-state index contributed by atoms with van der Waals surface area (Å²) < 4.78 is 23.9. The Balaban J connectivity index is 1.48. The Bertz CT molecular complexity index is 1600. The van der Waals surface area contributed by atoms with Crippen molar-refractivity contribution in [2.75, 3.05) is 0 Å².